The molecule has 2 aliphatic carbocycles. The summed E-state index contributed by atoms with van der Waals surface area (Å²) in [5.41, 5.74) is 2.58. The molecule has 0 nitrogen and oxygen atoms in total. The van der Waals surface area contributed by atoms with E-state index in [-0.39, 0.29) is 5.92 Å². The fraction of sp³-hybridized carbons (Fsp3) is 0.684. The van der Waals surface area contributed by atoms with Crippen LogP contribution in [0.3, 0.4) is 0 Å². The molecule has 0 saturated heterocycles. The Morgan fingerprint density at radius 1 is 0.905 bits per heavy atom. The fourth-order valence-corrected chi connectivity index (χ4v) is 4.52. The molecule has 0 unspecified atom stereocenters. The summed E-state index contributed by atoms with van der Waals surface area (Å²) in [7, 11) is 0. The van der Waals surface area contributed by atoms with Gasteiger partial charge in [0.25, 0.3) is 5.92 Å². The minimum absolute atomic E-state index is 0.155. The predicted molar refractivity (Wildman–Crippen MR) is 83.1 cm³/mol. The number of benzene rings is 1. The van der Waals surface area contributed by atoms with Crippen molar-refractivity contribution in [2.45, 2.75) is 77.6 Å². The van der Waals surface area contributed by atoms with Crippen LogP contribution < -0.4 is 0 Å². The highest BCUT2D eigenvalue weighted by molar-refractivity contribution is 5.51. The Bertz CT molecular complexity index is 549. The van der Waals surface area contributed by atoms with Gasteiger partial charge in [-0.15, -0.1) is 0 Å². The molecule has 2 heteroatoms. The van der Waals surface area contributed by atoms with Crippen LogP contribution in [0.4, 0.5) is 8.78 Å². The maximum absolute atomic E-state index is 15.4. The highest BCUT2D eigenvalue weighted by Gasteiger charge is 2.61. The quantitative estimate of drug-likeness (QED) is 0.614. The molecule has 0 aromatic heterocycles. The third-order valence-corrected chi connectivity index (χ3v) is 5.68. The number of alkyl halides is 2. The molecule has 1 fully saturated rings. The lowest BCUT2D eigenvalue weighted by atomic mass is 9.79. The van der Waals surface area contributed by atoms with Gasteiger partial charge in [0.2, 0.25) is 0 Å². The maximum atomic E-state index is 15.4. The normalized spacial score (nSPS) is 22.5. The third kappa shape index (κ3) is 1.98. The predicted octanol–water partition coefficient (Wildman–Crippen LogP) is 6.14. The van der Waals surface area contributed by atoms with Gasteiger partial charge in [0.15, 0.2) is 0 Å². The second kappa shape index (κ2) is 4.79. The SMILES string of the molecule is CC(C)c1ccc(C(C)C)c2c1CC1(CCCC1)C2(F)F. The van der Waals surface area contributed by atoms with Gasteiger partial charge in [-0.3, -0.25) is 0 Å². The summed E-state index contributed by atoms with van der Waals surface area (Å²) in [6.07, 6.45) is 3.87. The first-order valence-electron chi connectivity index (χ1n) is 8.34. The van der Waals surface area contributed by atoms with Gasteiger partial charge in [-0.1, -0.05) is 52.7 Å². The molecule has 0 aliphatic heterocycles. The van der Waals surface area contributed by atoms with Gasteiger partial charge < -0.3 is 0 Å². The minimum atomic E-state index is -2.65. The van der Waals surface area contributed by atoms with E-state index in [0.29, 0.717) is 30.7 Å². The van der Waals surface area contributed by atoms with Crippen molar-refractivity contribution in [2.24, 2.45) is 5.41 Å². The van der Waals surface area contributed by atoms with E-state index in [2.05, 4.69) is 19.9 Å². The van der Waals surface area contributed by atoms with E-state index in [1.54, 1.807) is 0 Å². The van der Waals surface area contributed by atoms with Gasteiger partial charge in [0.1, 0.15) is 0 Å². The first-order chi connectivity index (χ1) is 9.80. The Kier molecular flexibility index (Phi) is 3.42. The van der Waals surface area contributed by atoms with Crippen LogP contribution in [0.2, 0.25) is 0 Å². The zero-order valence-electron chi connectivity index (χ0n) is 13.6. The first kappa shape index (κ1) is 15.0. The maximum Gasteiger partial charge on any atom is 0.279 e. The Balaban J connectivity index is 2.24. The lowest BCUT2D eigenvalue weighted by Gasteiger charge is -2.32. The number of rotatable bonds is 2. The van der Waals surface area contributed by atoms with Crippen LogP contribution in [-0.4, -0.2) is 0 Å². The van der Waals surface area contributed by atoms with Gasteiger partial charge in [-0.05, 0) is 47.8 Å². The van der Waals surface area contributed by atoms with Gasteiger partial charge in [-0.2, -0.15) is 0 Å². The number of fused-ring (bicyclic) bond motifs is 1. The minimum Gasteiger partial charge on any atom is -0.201 e. The molecule has 1 saturated carbocycles. The van der Waals surface area contributed by atoms with Gasteiger partial charge in [0, 0.05) is 11.0 Å². The van der Waals surface area contributed by atoms with Gasteiger partial charge in [-0.25, -0.2) is 8.78 Å². The van der Waals surface area contributed by atoms with E-state index >= 15 is 8.78 Å². The van der Waals surface area contributed by atoms with Crippen LogP contribution in [0.15, 0.2) is 12.1 Å². The molecule has 0 N–H and O–H groups in total. The Labute approximate surface area is 126 Å². The van der Waals surface area contributed by atoms with E-state index in [1.165, 1.54) is 0 Å². The standard InChI is InChI=1S/C19H26F2/c1-12(2)14-7-8-15(13(3)4)17-16(14)11-18(19(17,20)21)9-5-6-10-18/h7-8,12-13H,5-6,9-11H2,1-4H3. The van der Waals surface area contributed by atoms with Crippen molar-refractivity contribution >= 4 is 0 Å². The molecule has 3 rings (SSSR count). The average molecular weight is 292 g/mol. The van der Waals surface area contributed by atoms with Crippen molar-refractivity contribution in [3.63, 3.8) is 0 Å². The van der Waals surface area contributed by atoms with E-state index < -0.39 is 11.3 Å². The van der Waals surface area contributed by atoms with Crippen molar-refractivity contribution < 1.29 is 8.78 Å². The van der Waals surface area contributed by atoms with E-state index in [0.717, 1.165) is 29.5 Å². The summed E-state index contributed by atoms with van der Waals surface area (Å²) in [6, 6.07) is 4.06. The third-order valence-electron chi connectivity index (χ3n) is 5.68. The fourth-order valence-electron chi connectivity index (χ4n) is 4.52. The molecule has 2 aliphatic rings. The molecule has 21 heavy (non-hydrogen) atoms. The second-order valence-electron chi connectivity index (χ2n) is 7.65. The van der Waals surface area contributed by atoms with Crippen LogP contribution in [-0.2, 0) is 12.3 Å². The van der Waals surface area contributed by atoms with Crippen molar-refractivity contribution in [2.75, 3.05) is 0 Å². The lowest BCUT2D eigenvalue weighted by Crippen LogP contribution is -2.33. The highest BCUT2D eigenvalue weighted by Crippen LogP contribution is 2.63. The van der Waals surface area contributed by atoms with Crippen molar-refractivity contribution in [3.05, 3.63) is 34.4 Å². The molecule has 0 bridgehead atoms. The van der Waals surface area contributed by atoms with Crippen LogP contribution in [0.5, 0.6) is 0 Å². The molecule has 0 heterocycles. The van der Waals surface area contributed by atoms with Crippen LogP contribution in [0, 0.1) is 5.41 Å². The Morgan fingerprint density at radius 3 is 1.95 bits per heavy atom. The monoisotopic (exact) mass is 292 g/mol. The molecular weight excluding hydrogens is 266 g/mol. The summed E-state index contributed by atoms with van der Waals surface area (Å²) < 4.78 is 30.7. The molecule has 0 amide bonds. The zero-order valence-corrected chi connectivity index (χ0v) is 13.6. The van der Waals surface area contributed by atoms with Crippen molar-refractivity contribution in [1.29, 1.82) is 0 Å². The van der Waals surface area contributed by atoms with Crippen molar-refractivity contribution in [1.82, 2.24) is 0 Å². The number of halogens is 2. The molecule has 0 radical (unpaired) electrons. The van der Waals surface area contributed by atoms with Crippen LogP contribution >= 0.6 is 0 Å². The summed E-state index contributed by atoms with van der Waals surface area (Å²) in [5.74, 6) is -2.18. The highest BCUT2D eigenvalue weighted by atomic mass is 19.3. The number of hydrogen-bond donors (Lipinski definition) is 0. The first-order valence-corrected chi connectivity index (χ1v) is 8.34. The van der Waals surface area contributed by atoms with E-state index in [9.17, 15) is 0 Å². The zero-order chi connectivity index (χ0) is 15.4. The smallest absolute Gasteiger partial charge is 0.201 e. The average Bonchev–Trinajstić information content (AvgIpc) is 2.95. The molecule has 1 spiro atoms. The largest absolute Gasteiger partial charge is 0.279 e. The summed E-state index contributed by atoms with van der Waals surface area (Å²) in [5, 5.41) is 0. The topological polar surface area (TPSA) is 0 Å². The molecule has 116 valence electrons. The summed E-state index contributed by atoms with van der Waals surface area (Å²) >= 11 is 0. The molecular formula is C19H26F2. The number of hydrogen-bond acceptors (Lipinski definition) is 0. The van der Waals surface area contributed by atoms with Crippen LogP contribution in [0.1, 0.15) is 87.5 Å². The van der Waals surface area contributed by atoms with Gasteiger partial charge >= 0.3 is 0 Å². The van der Waals surface area contributed by atoms with Gasteiger partial charge in [0.05, 0.1) is 0 Å². The molecule has 1 aromatic rings. The second-order valence-corrected chi connectivity index (χ2v) is 7.65. The van der Waals surface area contributed by atoms with Crippen molar-refractivity contribution in [3.8, 4) is 0 Å². The Hall–Kier alpha value is -0.920. The molecule has 0 atom stereocenters. The van der Waals surface area contributed by atoms with E-state index in [4.69, 9.17) is 0 Å². The van der Waals surface area contributed by atoms with E-state index in [1.807, 2.05) is 19.9 Å². The Morgan fingerprint density at radius 2 is 1.43 bits per heavy atom. The molecule has 1 aromatic carbocycles. The summed E-state index contributed by atoms with van der Waals surface area (Å²) in [4.78, 5) is 0. The van der Waals surface area contributed by atoms with Crippen LogP contribution in [0.25, 0.3) is 0 Å². The summed E-state index contributed by atoms with van der Waals surface area (Å²) in [6.45, 7) is 8.28. The lowest BCUT2D eigenvalue weighted by molar-refractivity contribution is -0.115.